The number of nitrogens with zero attached hydrogens (tertiary/aromatic N) is 1. The minimum Gasteiger partial charge on any atom is -0.480 e. The Morgan fingerprint density at radius 1 is 1.45 bits per heavy atom. The monoisotopic (exact) mass is 374 g/mol. The summed E-state index contributed by atoms with van der Waals surface area (Å²) >= 11 is 6.42. The second-order valence-corrected chi connectivity index (χ2v) is 6.76. The molecule has 0 aromatic carbocycles. The van der Waals surface area contributed by atoms with Crippen LogP contribution in [0.2, 0.25) is 0 Å². The number of carboxylic acids is 1. The quantitative estimate of drug-likeness (QED) is 0.842. The average molecular weight is 375 g/mol. The van der Waals surface area contributed by atoms with Crippen LogP contribution in [0.25, 0.3) is 9.88 Å². The number of amides is 1. The molecule has 0 bridgehead atoms. The zero-order valence-electron chi connectivity index (χ0n) is 10.4. The van der Waals surface area contributed by atoms with Crippen molar-refractivity contribution in [3.05, 3.63) is 27.0 Å². The smallest absolute Gasteiger partial charge is 0.325 e. The summed E-state index contributed by atoms with van der Waals surface area (Å²) in [5, 5.41) is 15.8. The first-order valence-corrected chi connectivity index (χ1v) is 8.22. The lowest BCUT2D eigenvalue weighted by Gasteiger charge is -2.07. The van der Waals surface area contributed by atoms with Crippen molar-refractivity contribution in [2.75, 3.05) is 0 Å². The minimum atomic E-state index is -1.05. The number of hydrogen-bond donors (Lipinski definition) is 2. The molecule has 1 amide bonds. The van der Waals surface area contributed by atoms with E-state index >= 15 is 0 Å². The van der Waals surface area contributed by atoms with E-state index in [1.54, 1.807) is 11.3 Å². The van der Waals surface area contributed by atoms with Crippen molar-refractivity contribution >= 4 is 50.5 Å². The number of carboxylic acid groups (broad SMARTS) is 1. The molecule has 0 spiro atoms. The van der Waals surface area contributed by atoms with E-state index in [0.717, 1.165) is 14.4 Å². The lowest BCUT2D eigenvalue weighted by atomic mass is 10.3. The first-order valence-electron chi connectivity index (χ1n) is 5.66. The van der Waals surface area contributed by atoms with Gasteiger partial charge in [0.1, 0.15) is 11.0 Å². The number of thiophene rings is 1. The Balaban J connectivity index is 1.99. The summed E-state index contributed by atoms with van der Waals surface area (Å²) in [6.45, 7) is 1.43. The molecular weight excluding hydrogens is 364 g/mol. The van der Waals surface area contributed by atoms with Gasteiger partial charge in [0, 0.05) is 15.2 Å². The molecule has 20 heavy (non-hydrogen) atoms. The van der Waals surface area contributed by atoms with Crippen molar-refractivity contribution in [2.24, 2.45) is 0 Å². The molecule has 2 aromatic rings. The highest BCUT2D eigenvalue weighted by Gasteiger charge is 2.15. The molecule has 0 radical (unpaired) electrons. The SMILES string of the molecule is C[C@H](NC(=O)Cc1csc(-c2cc(Br)cs2)n1)C(=O)O. The summed E-state index contributed by atoms with van der Waals surface area (Å²) in [4.78, 5) is 27.7. The van der Waals surface area contributed by atoms with E-state index in [4.69, 9.17) is 5.11 Å². The van der Waals surface area contributed by atoms with Crippen LogP contribution >= 0.6 is 38.6 Å². The molecule has 0 saturated heterocycles. The molecule has 0 aliphatic heterocycles. The first kappa shape index (κ1) is 15.1. The van der Waals surface area contributed by atoms with Crippen molar-refractivity contribution in [1.82, 2.24) is 10.3 Å². The molecule has 1 atom stereocenters. The maximum atomic E-state index is 11.7. The predicted molar refractivity (Wildman–Crippen MR) is 82.1 cm³/mol. The van der Waals surface area contributed by atoms with Gasteiger partial charge in [-0.15, -0.1) is 22.7 Å². The third-order valence-corrected chi connectivity index (χ3v) is 5.17. The van der Waals surface area contributed by atoms with E-state index < -0.39 is 12.0 Å². The Kier molecular flexibility index (Phi) is 4.90. The van der Waals surface area contributed by atoms with Gasteiger partial charge in [0.25, 0.3) is 0 Å². The largest absolute Gasteiger partial charge is 0.480 e. The molecule has 2 N–H and O–H groups in total. The van der Waals surface area contributed by atoms with Gasteiger partial charge in [-0.25, -0.2) is 4.98 Å². The summed E-state index contributed by atoms with van der Waals surface area (Å²) < 4.78 is 1.00. The van der Waals surface area contributed by atoms with Gasteiger partial charge in [0.15, 0.2) is 0 Å². The van der Waals surface area contributed by atoms with Crippen LogP contribution in [0.5, 0.6) is 0 Å². The summed E-state index contributed by atoms with van der Waals surface area (Å²) in [5.41, 5.74) is 0.643. The molecule has 106 valence electrons. The number of carbonyl (C=O) groups excluding carboxylic acids is 1. The van der Waals surface area contributed by atoms with E-state index in [1.165, 1.54) is 18.3 Å². The summed E-state index contributed by atoms with van der Waals surface area (Å²) in [7, 11) is 0. The fourth-order valence-electron chi connectivity index (χ4n) is 1.45. The lowest BCUT2D eigenvalue weighted by molar-refractivity contribution is -0.141. The molecule has 0 aliphatic rings. The van der Waals surface area contributed by atoms with Crippen molar-refractivity contribution in [3.63, 3.8) is 0 Å². The van der Waals surface area contributed by atoms with Crippen LogP contribution in [-0.2, 0) is 16.0 Å². The molecular formula is C12H11BrN2O3S2. The maximum absolute atomic E-state index is 11.7. The topological polar surface area (TPSA) is 79.3 Å². The van der Waals surface area contributed by atoms with Crippen molar-refractivity contribution < 1.29 is 14.7 Å². The normalized spacial score (nSPS) is 12.1. The Bertz CT molecular complexity index is 638. The van der Waals surface area contributed by atoms with Crippen molar-refractivity contribution in [2.45, 2.75) is 19.4 Å². The highest BCUT2D eigenvalue weighted by atomic mass is 79.9. The number of hydrogen-bond acceptors (Lipinski definition) is 5. The van der Waals surface area contributed by atoms with Gasteiger partial charge in [0.05, 0.1) is 17.0 Å². The number of nitrogens with one attached hydrogen (secondary N) is 1. The number of aromatic nitrogens is 1. The molecule has 8 heteroatoms. The Hall–Kier alpha value is -1.25. The third-order valence-electron chi connectivity index (χ3n) is 2.42. The summed E-state index contributed by atoms with van der Waals surface area (Å²) in [6, 6.07) is 1.08. The van der Waals surface area contributed by atoms with Gasteiger partial charge in [-0.2, -0.15) is 0 Å². The second kappa shape index (κ2) is 6.47. The predicted octanol–water partition coefficient (Wildman–Crippen LogP) is 2.77. The van der Waals surface area contributed by atoms with Crippen LogP contribution in [0.3, 0.4) is 0 Å². The Morgan fingerprint density at radius 3 is 2.80 bits per heavy atom. The van der Waals surface area contributed by atoms with Crippen LogP contribution in [0.1, 0.15) is 12.6 Å². The minimum absolute atomic E-state index is 0.0840. The molecule has 0 unspecified atom stereocenters. The highest BCUT2D eigenvalue weighted by Crippen LogP contribution is 2.31. The van der Waals surface area contributed by atoms with Gasteiger partial charge in [-0.1, -0.05) is 0 Å². The highest BCUT2D eigenvalue weighted by molar-refractivity contribution is 9.10. The third kappa shape index (κ3) is 3.87. The van der Waals surface area contributed by atoms with E-state index in [0.29, 0.717) is 5.69 Å². The molecule has 2 rings (SSSR count). The average Bonchev–Trinajstić information content (AvgIpc) is 2.97. The van der Waals surface area contributed by atoms with E-state index in [9.17, 15) is 9.59 Å². The fourth-order valence-corrected chi connectivity index (χ4v) is 3.77. The second-order valence-electron chi connectivity index (χ2n) is 4.08. The van der Waals surface area contributed by atoms with Gasteiger partial charge in [-0.3, -0.25) is 9.59 Å². The number of aliphatic carboxylic acids is 1. The summed E-state index contributed by atoms with van der Waals surface area (Å²) in [5.74, 6) is -1.40. The fraction of sp³-hybridized carbons (Fsp3) is 0.250. The standard InChI is InChI=1S/C12H11BrN2O3S2/c1-6(12(17)18)14-10(16)3-8-5-20-11(15-8)9-2-7(13)4-19-9/h2,4-6H,3H2,1H3,(H,14,16)(H,17,18)/t6-/m0/s1. The number of carbonyl (C=O) groups is 2. The molecule has 5 nitrogen and oxygen atoms in total. The molecule has 2 heterocycles. The van der Waals surface area contributed by atoms with Crippen LogP contribution in [0, 0.1) is 0 Å². The van der Waals surface area contributed by atoms with Crippen LogP contribution in [0.4, 0.5) is 0 Å². The number of halogens is 1. The summed E-state index contributed by atoms with van der Waals surface area (Å²) in [6.07, 6.45) is 0.0840. The molecule has 0 fully saturated rings. The van der Waals surface area contributed by atoms with Gasteiger partial charge < -0.3 is 10.4 Å². The molecule has 0 saturated carbocycles. The van der Waals surface area contributed by atoms with E-state index in [1.807, 2.05) is 16.8 Å². The van der Waals surface area contributed by atoms with Gasteiger partial charge in [0.2, 0.25) is 5.91 Å². The first-order chi connectivity index (χ1) is 9.45. The lowest BCUT2D eigenvalue weighted by Crippen LogP contribution is -2.39. The maximum Gasteiger partial charge on any atom is 0.325 e. The van der Waals surface area contributed by atoms with Gasteiger partial charge >= 0.3 is 5.97 Å². The molecule has 0 aliphatic carbocycles. The van der Waals surface area contributed by atoms with E-state index in [-0.39, 0.29) is 12.3 Å². The molecule has 2 aromatic heterocycles. The Labute approximate surface area is 131 Å². The van der Waals surface area contributed by atoms with Gasteiger partial charge in [-0.05, 0) is 28.9 Å². The van der Waals surface area contributed by atoms with Crippen LogP contribution in [0.15, 0.2) is 21.3 Å². The zero-order chi connectivity index (χ0) is 14.7. The van der Waals surface area contributed by atoms with Crippen LogP contribution in [-0.4, -0.2) is 28.0 Å². The number of thiazole rings is 1. The zero-order valence-corrected chi connectivity index (χ0v) is 13.6. The van der Waals surface area contributed by atoms with Crippen LogP contribution < -0.4 is 5.32 Å². The van der Waals surface area contributed by atoms with Crippen molar-refractivity contribution in [1.29, 1.82) is 0 Å². The number of rotatable bonds is 5. The van der Waals surface area contributed by atoms with E-state index in [2.05, 4.69) is 26.2 Å². The Morgan fingerprint density at radius 2 is 2.20 bits per heavy atom. The van der Waals surface area contributed by atoms with Crippen molar-refractivity contribution in [3.8, 4) is 9.88 Å².